The Hall–Kier alpha value is -0.810. The van der Waals surface area contributed by atoms with Crippen LogP contribution in [0.25, 0.3) is 0 Å². The standard InChI is InChI=1S/C14H22BrN3O/c1-3-18(9-11-5-4-6-16-8-11)14(19)13-7-12(15)10-17(13)2/h7,10-11,16H,3-6,8-9H2,1-2H3. The summed E-state index contributed by atoms with van der Waals surface area (Å²) in [7, 11) is 1.91. The van der Waals surface area contributed by atoms with Crippen molar-refractivity contribution in [3.8, 4) is 0 Å². The minimum Gasteiger partial charge on any atom is -0.345 e. The Morgan fingerprint density at radius 2 is 2.42 bits per heavy atom. The normalized spacial score (nSPS) is 19.4. The molecule has 2 rings (SSSR count). The van der Waals surface area contributed by atoms with Gasteiger partial charge in [0.25, 0.3) is 5.91 Å². The highest BCUT2D eigenvalue weighted by atomic mass is 79.9. The molecule has 0 aliphatic carbocycles. The van der Waals surface area contributed by atoms with Crippen LogP contribution in [-0.2, 0) is 7.05 Å². The molecular weight excluding hydrogens is 306 g/mol. The van der Waals surface area contributed by atoms with Crippen LogP contribution in [0.3, 0.4) is 0 Å². The molecule has 0 spiro atoms. The smallest absolute Gasteiger partial charge is 0.270 e. The van der Waals surface area contributed by atoms with Gasteiger partial charge in [0.15, 0.2) is 0 Å². The zero-order valence-electron chi connectivity index (χ0n) is 11.7. The molecule has 4 nitrogen and oxygen atoms in total. The summed E-state index contributed by atoms with van der Waals surface area (Å²) in [5.74, 6) is 0.711. The Morgan fingerprint density at radius 1 is 1.63 bits per heavy atom. The molecule has 0 aromatic carbocycles. The SMILES string of the molecule is CCN(CC1CCCNC1)C(=O)c1cc(Br)cn1C. The number of piperidine rings is 1. The third-order valence-electron chi connectivity index (χ3n) is 3.74. The molecule has 1 saturated heterocycles. The van der Waals surface area contributed by atoms with Gasteiger partial charge in [-0.3, -0.25) is 4.79 Å². The van der Waals surface area contributed by atoms with Crippen LogP contribution in [0.1, 0.15) is 30.3 Å². The van der Waals surface area contributed by atoms with Gasteiger partial charge in [-0.15, -0.1) is 0 Å². The third-order valence-corrected chi connectivity index (χ3v) is 4.17. The molecule has 0 bridgehead atoms. The van der Waals surface area contributed by atoms with Gasteiger partial charge in [0.2, 0.25) is 0 Å². The lowest BCUT2D eigenvalue weighted by molar-refractivity contribution is 0.0719. The van der Waals surface area contributed by atoms with Gasteiger partial charge in [-0.25, -0.2) is 0 Å². The first kappa shape index (κ1) is 14.6. The van der Waals surface area contributed by atoms with Crippen LogP contribution in [0.15, 0.2) is 16.7 Å². The summed E-state index contributed by atoms with van der Waals surface area (Å²) in [6.07, 6.45) is 4.35. The number of carbonyl (C=O) groups is 1. The highest BCUT2D eigenvalue weighted by Crippen LogP contribution is 2.17. The lowest BCUT2D eigenvalue weighted by Crippen LogP contribution is -2.41. The molecule has 1 amide bonds. The number of hydrogen-bond donors (Lipinski definition) is 1. The summed E-state index contributed by atoms with van der Waals surface area (Å²) in [5.41, 5.74) is 0.748. The van der Waals surface area contributed by atoms with E-state index < -0.39 is 0 Å². The van der Waals surface area contributed by atoms with Gasteiger partial charge < -0.3 is 14.8 Å². The minimum absolute atomic E-state index is 0.126. The molecule has 1 atom stereocenters. The molecular formula is C14H22BrN3O. The largest absolute Gasteiger partial charge is 0.345 e. The van der Waals surface area contributed by atoms with Gasteiger partial charge >= 0.3 is 0 Å². The summed E-state index contributed by atoms with van der Waals surface area (Å²) in [5, 5.41) is 3.41. The first-order valence-corrected chi connectivity index (χ1v) is 7.73. The van der Waals surface area contributed by atoms with Crippen LogP contribution in [0.4, 0.5) is 0 Å². The van der Waals surface area contributed by atoms with Crippen molar-refractivity contribution in [3.05, 3.63) is 22.4 Å². The summed E-state index contributed by atoms with van der Waals surface area (Å²) in [6.45, 7) is 5.80. The number of rotatable bonds is 4. The van der Waals surface area contributed by atoms with Crippen LogP contribution in [0, 0.1) is 5.92 Å². The van der Waals surface area contributed by atoms with E-state index in [2.05, 4.69) is 21.2 Å². The van der Waals surface area contributed by atoms with Gasteiger partial charge in [0, 0.05) is 30.8 Å². The highest BCUT2D eigenvalue weighted by molar-refractivity contribution is 9.10. The van der Waals surface area contributed by atoms with E-state index in [4.69, 9.17) is 0 Å². The van der Waals surface area contributed by atoms with E-state index in [9.17, 15) is 4.79 Å². The van der Waals surface area contributed by atoms with E-state index in [0.717, 1.165) is 36.3 Å². The second kappa shape index (κ2) is 6.57. The Labute approximate surface area is 123 Å². The lowest BCUT2D eigenvalue weighted by atomic mass is 9.99. The molecule has 1 unspecified atom stereocenters. The van der Waals surface area contributed by atoms with Crippen molar-refractivity contribution in [2.24, 2.45) is 13.0 Å². The monoisotopic (exact) mass is 327 g/mol. The fourth-order valence-electron chi connectivity index (χ4n) is 2.65. The Kier molecular flexibility index (Phi) is 5.05. The van der Waals surface area contributed by atoms with E-state index in [-0.39, 0.29) is 5.91 Å². The number of aromatic nitrogens is 1. The van der Waals surface area contributed by atoms with Gasteiger partial charge in [-0.1, -0.05) is 0 Å². The Balaban J connectivity index is 2.04. The minimum atomic E-state index is 0.126. The number of hydrogen-bond acceptors (Lipinski definition) is 2. The first-order valence-electron chi connectivity index (χ1n) is 6.93. The predicted molar refractivity (Wildman–Crippen MR) is 80.3 cm³/mol. The summed E-state index contributed by atoms with van der Waals surface area (Å²) < 4.78 is 2.84. The second-order valence-corrected chi connectivity index (χ2v) is 6.13. The molecule has 1 fully saturated rings. The number of nitrogens with one attached hydrogen (secondary N) is 1. The van der Waals surface area contributed by atoms with Crippen molar-refractivity contribution in [1.29, 1.82) is 0 Å². The van der Waals surface area contributed by atoms with Crippen molar-refractivity contribution in [1.82, 2.24) is 14.8 Å². The van der Waals surface area contributed by atoms with Gasteiger partial charge in [0.05, 0.1) is 0 Å². The number of carbonyl (C=O) groups excluding carboxylic acids is 1. The topological polar surface area (TPSA) is 37.3 Å². The van der Waals surface area contributed by atoms with Crippen LogP contribution in [-0.4, -0.2) is 41.6 Å². The molecule has 19 heavy (non-hydrogen) atoms. The lowest BCUT2D eigenvalue weighted by Gasteiger charge is -2.29. The highest BCUT2D eigenvalue weighted by Gasteiger charge is 2.22. The van der Waals surface area contributed by atoms with Crippen molar-refractivity contribution in [2.45, 2.75) is 19.8 Å². The summed E-state index contributed by atoms with van der Waals surface area (Å²) >= 11 is 3.42. The molecule has 1 aliphatic rings. The third kappa shape index (κ3) is 3.60. The molecule has 0 radical (unpaired) electrons. The van der Waals surface area contributed by atoms with Gasteiger partial charge in [-0.05, 0) is 60.8 Å². The van der Waals surface area contributed by atoms with Crippen LogP contribution >= 0.6 is 15.9 Å². The maximum atomic E-state index is 12.5. The average Bonchev–Trinajstić information content (AvgIpc) is 2.75. The quantitative estimate of drug-likeness (QED) is 0.920. The van der Waals surface area contributed by atoms with Gasteiger partial charge in [-0.2, -0.15) is 0 Å². The average molecular weight is 328 g/mol. The molecule has 1 aromatic heterocycles. The Morgan fingerprint density at radius 3 is 2.95 bits per heavy atom. The second-order valence-electron chi connectivity index (χ2n) is 5.21. The fourth-order valence-corrected chi connectivity index (χ4v) is 3.17. The molecule has 0 saturated carbocycles. The zero-order valence-corrected chi connectivity index (χ0v) is 13.2. The maximum Gasteiger partial charge on any atom is 0.270 e. The fraction of sp³-hybridized carbons (Fsp3) is 0.643. The first-order chi connectivity index (χ1) is 9.11. The van der Waals surface area contributed by atoms with E-state index in [0.29, 0.717) is 5.92 Å². The number of nitrogens with zero attached hydrogens (tertiary/aromatic N) is 2. The van der Waals surface area contributed by atoms with Crippen molar-refractivity contribution in [3.63, 3.8) is 0 Å². The van der Waals surface area contributed by atoms with Crippen molar-refractivity contribution in [2.75, 3.05) is 26.2 Å². The number of amides is 1. The molecule has 5 heteroatoms. The predicted octanol–water partition coefficient (Wildman–Crippen LogP) is 2.25. The van der Waals surface area contributed by atoms with Crippen LogP contribution in [0.2, 0.25) is 0 Å². The Bertz CT molecular complexity index is 438. The molecule has 1 aliphatic heterocycles. The van der Waals surface area contributed by atoms with E-state index in [1.54, 1.807) is 0 Å². The molecule has 106 valence electrons. The van der Waals surface area contributed by atoms with Gasteiger partial charge in [0.1, 0.15) is 5.69 Å². The molecule has 2 heterocycles. The van der Waals surface area contributed by atoms with Crippen LogP contribution < -0.4 is 5.32 Å². The maximum absolute atomic E-state index is 12.5. The van der Waals surface area contributed by atoms with Crippen LogP contribution in [0.5, 0.6) is 0 Å². The van der Waals surface area contributed by atoms with E-state index >= 15 is 0 Å². The van der Waals surface area contributed by atoms with Crippen molar-refractivity contribution < 1.29 is 4.79 Å². The summed E-state index contributed by atoms with van der Waals surface area (Å²) in [4.78, 5) is 14.5. The van der Waals surface area contributed by atoms with Crippen molar-refractivity contribution >= 4 is 21.8 Å². The zero-order chi connectivity index (χ0) is 13.8. The molecule has 1 N–H and O–H groups in total. The molecule has 1 aromatic rings. The van der Waals surface area contributed by atoms with E-state index in [1.165, 1.54) is 12.8 Å². The number of halogens is 1. The van der Waals surface area contributed by atoms with E-state index in [1.807, 2.05) is 35.7 Å². The number of aryl methyl sites for hydroxylation is 1. The summed E-state index contributed by atoms with van der Waals surface area (Å²) in [6, 6.07) is 1.89.